The average molecular weight is 600 g/mol. The lowest BCUT2D eigenvalue weighted by atomic mass is 9.84. The monoisotopic (exact) mass is 599 g/mol. The summed E-state index contributed by atoms with van der Waals surface area (Å²) < 4.78 is 4.98. The number of thioether (sulfide) groups is 1. The van der Waals surface area contributed by atoms with E-state index in [1.54, 1.807) is 0 Å². The molecule has 1 aliphatic rings. The van der Waals surface area contributed by atoms with Crippen molar-refractivity contribution >= 4 is 23.8 Å². The van der Waals surface area contributed by atoms with E-state index in [9.17, 15) is 14.7 Å². The van der Waals surface area contributed by atoms with Gasteiger partial charge in [-0.05, 0) is 45.9 Å². The molecule has 6 heteroatoms. The van der Waals surface area contributed by atoms with Crippen LogP contribution in [0.1, 0.15) is 39.3 Å². The maximum absolute atomic E-state index is 13.1. The Balaban J connectivity index is 1.24. The van der Waals surface area contributed by atoms with Crippen molar-refractivity contribution < 1.29 is 19.4 Å². The molecule has 0 radical (unpaired) electrons. The Bertz CT molecular complexity index is 1670. The summed E-state index contributed by atoms with van der Waals surface area (Å²) in [7, 11) is 0. The summed E-state index contributed by atoms with van der Waals surface area (Å²) in [5.41, 5.74) is 8.65. The van der Waals surface area contributed by atoms with Crippen LogP contribution in [0.25, 0.3) is 11.1 Å². The van der Waals surface area contributed by atoms with Crippen LogP contribution in [-0.2, 0) is 14.3 Å². The number of hydrogen-bond donors (Lipinski definition) is 2. The number of benzene rings is 5. The van der Waals surface area contributed by atoms with Gasteiger partial charge in [-0.2, -0.15) is 0 Å². The van der Waals surface area contributed by atoms with Crippen LogP contribution in [0.5, 0.6) is 0 Å². The van der Waals surface area contributed by atoms with Crippen molar-refractivity contribution in [3.8, 4) is 11.1 Å². The number of rotatable bonds is 10. The fraction of sp³-hybridized carbons (Fsp3) is 0.158. The van der Waals surface area contributed by atoms with Gasteiger partial charge in [0.25, 0.3) is 0 Å². The van der Waals surface area contributed by atoms with Crippen molar-refractivity contribution in [2.24, 2.45) is 0 Å². The lowest BCUT2D eigenvalue weighted by Crippen LogP contribution is -2.44. The first kappa shape index (κ1) is 29.3. The molecule has 0 heterocycles. The molecule has 2 N–H and O–H groups in total. The third-order valence-corrected chi connectivity index (χ3v) is 9.86. The van der Waals surface area contributed by atoms with Crippen molar-refractivity contribution in [1.82, 2.24) is 5.32 Å². The van der Waals surface area contributed by atoms with Crippen molar-refractivity contribution in [3.05, 3.63) is 167 Å². The van der Waals surface area contributed by atoms with Gasteiger partial charge in [0.05, 0.1) is 4.75 Å². The second kappa shape index (κ2) is 12.8. The van der Waals surface area contributed by atoms with Gasteiger partial charge < -0.3 is 15.2 Å². The minimum absolute atomic E-state index is 0.108. The van der Waals surface area contributed by atoms with Crippen molar-refractivity contribution in [2.75, 3.05) is 12.4 Å². The Kier molecular flexibility index (Phi) is 8.53. The highest BCUT2D eigenvalue weighted by molar-refractivity contribution is 8.00. The van der Waals surface area contributed by atoms with Crippen LogP contribution in [0.4, 0.5) is 4.79 Å². The van der Waals surface area contributed by atoms with Crippen LogP contribution in [0.15, 0.2) is 133 Å². The van der Waals surface area contributed by atoms with Gasteiger partial charge in [0.1, 0.15) is 12.6 Å². The third-order valence-electron chi connectivity index (χ3n) is 8.22. The van der Waals surface area contributed by atoms with E-state index in [1.165, 1.54) is 11.8 Å². The van der Waals surface area contributed by atoms with Gasteiger partial charge >= 0.3 is 12.1 Å². The molecule has 0 bridgehead atoms. The highest BCUT2D eigenvalue weighted by atomic mass is 32.2. The lowest BCUT2D eigenvalue weighted by Gasteiger charge is -2.36. The Hall–Kier alpha value is -4.81. The zero-order chi connectivity index (χ0) is 30.5. The largest absolute Gasteiger partial charge is 0.480 e. The van der Waals surface area contributed by atoms with Crippen molar-refractivity contribution in [1.29, 1.82) is 0 Å². The molecule has 1 aliphatic carbocycles. The molecule has 1 unspecified atom stereocenters. The summed E-state index contributed by atoms with van der Waals surface area (Å²) >= 11 is 1.49. The molecule has 220 valence electrons. The van der Waals surface area contributed by atoms with Gasteiger partial charge in [0.15, 0.2) is 0 Å². The van der Waals surface area contributed by atoms with Gasteiger partial charge in [-0.25, -0.2) is 9.59 Å². The Labute approximate surface area is 261 Å². The fourth-order valence-corrected chi connectivity index (χ4v) is 7.60. The van der Waals surface area contributed by atoms with Crippen LogP contribution in [0.3, 0.4) is 0 Å². The summed E-state index contributed by atoms with van der Waals surface area (Å²) in [6.45, 7) is 2.16. The topological polar surface area (TPSA) is 75.6 Å². The molecular weight excluding hydrogens is 566 g/mol. The summed E-state index contributed by atoms with van der Waals surface area (Å²) in [6.07, 6.45) is -0.750. The normalized spacial score (nSPS) is 13.0. The van der Waals surface area contributed by atoms with E-state index in [4.69, 9.17) is 4.74 Å². The first-order chi connectivity index (χ1) is 21.5. The molecule has 0 spiro atoms. The maximum atomic E-state index is 13.1. The van der Waals surface area contributed by atoms with Gasteiger partial charge in [-0.15, -0.1) is 11.8 Å². The predicted molar refractivity (Wildman–Crippen MR) is 176 cm³/mol. The number of amides is 1. The second-order valence-electron chi connectivity index (χ2n) is 11.0. The molecule has 1 amide bonds. The number of hydrogen-bond acceptors (Lipinski definition) is 4. The van der Waals surface area contributed by atoms with Crippen LogP contribution in [0.2, 0.25) is 0 Å². The van der Waals surface area contributed by atoms with Gasteiger partial charge in [0.2, 0.25) is 0 Å². The summed E-state index contributed by atoms with van der Waals surface area (Å²) in [5.74, 6) is -1.13. The second-order valence-corrected chi connectivity index (χ2v) is 12.2. The highest BCUT2D eigenvalue weighted by Gasteiger charge is 2.39. The summed E-state index contributed by atoms with van der Waals surface area (Å²) in [4.78, 5) is 25.6. The first-order valence-corrected chi connectivity index (χ1v) is 15.6. The highest BCUT2D eigenvalue weighted by Crippen LogP contribution is 2.49. The predicted octanol–water partition coefficient (Wildman–Crippen LogP) is 8.01. The molecule has 0 saturated carbocycles. The molecular formula is C38H33NO4S. The van der Waals surface area contributed by atoms with E-state index in [0.717, 1.165) is 44.5 Å². The number of carbonyl (C=O) groups excluding carboxylic acids is 1. The van der Waals surface area contributed by atoms with E-state index in [-0.39, 0.29) is 18.3 Å². The minimum atomic E-state index is -1.17. The standard InChI is InChI=1S/C38H33NO4S/c1-26-20-22-29(23-21-26)38(27-12-4-2-5-13-27,28-14-6-3-7-15-28)44-25-35(36(40)41)39-37(42)43-24-34-32-18-10-8-16-30(32)31-17-9-11-19-33(31)34/h2-23,34-35H,24-25H2,1H3,(H,39,42)(H,40,41). The molecule has 5 aromatic carbocycles. The molecule has 0 aromatic heterocycles. The zero-order valence-electron chi connectivity index (χ0n) is 24.4. The maximum Gasteiger partial charge on any atom is 0.407 e. The number of carboxylic acid groups (broad SMARTS) is 1. The zero-order valence-corrected chi connectivity index (χ0v) is 25.2. The molecule has 44 heavy (non-hydrogen) atoms. The number of ether oxygens (including phenoxy) is 1. The third kappa shape index (κ3) is 5.73. The fourth-order valence-electron chi connectivity index (χ4n) is 6.05. The van der Waals surface area contributed by atoms with Crippen LogP contribution >= 0.6 is 11.8 Å². The molecule has 0 aliphatic heterocycles. The Morgan fingerprint density at radius 1 is 0.727 bits per heavy atom. The van der Waals surface area contributed by atoms with Crippen LogP contribution in [0, 0.1) is 6.92 Å². The quantitative estimate of drug-likeness (QED) is 0.159. The summed E-state index contributed by atoms with van der Waals surface area (Å²) in [5, 5.41) is 12.9. The van der Waals surface area contributed by atoms with Crippen molar-refractivity contribution in [2.45, 2.75) is 23.6 Å². The number of aliphatic carboxylic acids is 1. The van der Waals surface area contributed by atoms with E-state index >= 15 is 0 Å². The molecule has 5 nitrogen and oxygen atoms in total. The van der Waals surface area contributed by atoms with E-state index in [1.807, 2.05) is 67.6 Å². The Morgan fingerprint density at radius 3 is 1.73 bits per heavy atom. The van der Waals surface area contributed by atoms with E-state index in [2.05, 4.69) is 78.1 Å². The molecule has 0 saturated heterocycles. The number of carbonyl (C=O) groups is 2. The van der Waals surface area contributed by atoms with Gasteiger partial charge in [-0.1, -0.05) is 139 Å². The average Bonchev–Trinajstić information content (AvgIpc) is 3.38. The smallest absolute Gasteiger partial charge is 0.407 e. The number of alkyl carbamates (subject to hydrolysis) is 1. The SMILES string of the molecule is Cc1ccc(C(SCC(NC(=O)OCC2c3ccccc3-c3ccccc32)C(=O)O)(c2ccccc2)c2ccccc2)cc1. The van der Waals surface area contributed by atoms with Gasteiger partial charge in [0, 0.05) is 11.7 Å². The minimum Gasteiger partial charge on any atom is -0.480 e. The Morgan fingerprint density at radius 2 is 1.20 bits per heavy atom. The number of nitrogens with one attached hydrogen (secondary N) is 1. The van der Waals surface area contributed by atoms with Crippen LogP contribution in [-0.4, -0.2) is 35.6 Å². The van der Waals surface area contributed by atoms with Gasteiger partial charge in [-0.3, -0.25) is 0 Å². The summed E-state index contributed by atoms with van der Waals surface area (Å²) in [6, 6.07) is 43.5. The number of carboxylic acids is 1. The van der Waals surface area contributed by atoms with E-state index < -0.39 is 22.9 Å². The molecule has 0 fully saturated rings. The van der Waals surface area contributed by atoms with Crippen molar-refractivity contribution in [3.63, 3.8) is 0 Å². The molecule has 6 rings (SSSR count). The molecule has 5 aromatic rings. The molecule has 1 atom stereocenters. The number of fused-ring (bicyclic) bond motifs is 3. The van der Waals surface area contributed by atoms with E-state index in [0.29, 0.717) is 0 Å². The number of aryl methyl sites for hydroxylation is 1. The lowest BCUT2D eigenvalue weighted by molar-refractivity contribution is -0.138. The van der Waals surface area contributed by atoms with Crippen LogP contribution < -0.4 is 5.32 Å². The first-order valence-electron chi connectivity index (χ1n) is 14.6.